The molecule has 0 aromatic heterocycles. The normalized spacial score (nSPS) is 23.0. The van der Waals surface area contributed by atoms with E-state index in [0.29, 0.717) is 22.5 Å². The van der Waals surface area contributed by atoms with Gasteiger partial charge in [-0.2, -0.15) is 0 Å². The second-order valence-electron chi connectivity index (χ2n) is 7.46. The first-order chi connectivity index (χ1) is 11.8. The fourth-order valence-corrected chi connectivity index (χ4v) is 3.67. The van der Waals surface area contributed by atoms with Crippen molar-refractivity contribution in [2.24, 2.45) is 11.8 Å². The van der Waals surface area contributed by atoms with E-state index in [9.17, 15) is 9.59 Å². The molecule has 2 amide bonds. The van der Waals surface area contributed by atoms with E-state index in [4.69, 9.17) is 11.6 Å². The largest absolute Gasteiger partial charge is 0.337 e. The van der Waals surface area contributed by atoms with Crippen LogP contribution in [0.25, 0.3) is 0 Å². The smallest absolute Gasteiger partial charge is 0.280 e. The van der Waals surface area contributed by atoms with Gasteiger partial charge in [-0.15, -0.1) is 0 Å². The third-order valence-electron chi connectivity index (χ3n) is 4.88. The lowest BCUT2D eigenvalue weighted by molar-refractivity contribution is -0.886. The minimum Gasteiger partial charge on any atom is -0.337 e. The molecule has 1 aliphatic rings. The Balaban J connectivity index is 1.90. The van der Waals surface area contributed by atoms with Crippen LogP contribution in [0.15, 0.2) is 24.3 Å². The molecule has 4 atom stereocenters. The van der Waals surface area contributed by atoms with Gasteiger partial charge >= 0.3 is 0 Å². The predicted molar refractivity (Wildman–Crippen MR) is 101 cm³/mol. The molecule has 0 saturated carbocycles. The van der Waals surface area contributed by atoms with Crippen molar-refractivity contribution in [3.63, 3.8) is 0 Å². The minimum atomic E-state index is -0.255. The Bertz CT molecular complexity index is 612. The summed E-state index contributed by atoms with van der Waals surface area (Å²) in [5.74, 6) is 1.04. The van der Waals surface area contributed by atoms with Crippen LogP contribution in [-0.2, 0) is 9.59 Å². The molecule has 1 aromatic carbocycles. The number of piperidine rings is 1. The van der Waals surface area contributed by atoms with Gasteiger partial charge in [-0.3, -0.25) is 9.59 Å². The molecular formula is C19H29ClN3O2+. The first-order valence-corrected chi connectivity index (χ1v) is 9.31. The molecule has 25 heavy (non-hydrogen) atoms. The van der Waals surface area contributed by atoms with Crippen molar-refractivity contribution in [3.8, 4) is 0 Å². The molecule has 1 saturated heterocycles. The fraction of sp³-hybridized carbons (Fsp3) is 0.579. The molecule has 1 aliphatic heterocycles. The molecule has 0 aliphatic carbocycles. The molecule has 138 valence electrons. The van der Waals surface area contributed by atoms with Crippen LogP contribution in [0.5, 0.6) is 0 Å². The highest BCUT2D eigenvalue weighted by Gasteiger charge is 2.32. The minimum absolute atomic E-state index is 0.126. The molecule has 2 rings (SSSR count). The molecule has 1 fully saturated rings. The Morgan fingerprint density at radius 1 is 1.28 bits per heavy atom. The maximum atomic E-state index is 12.8. The highest BCUT2D eigenvalue weighted by Crippen LogP contribution is 2.21. The van der Waals surface area contributed by atoms with Crippen LogP contribution in [0.4, 0.5) is 5.69 Å². The molecule has 0 spiro atoms. The van der Waals surface area contributed by atoms with Crippen molar-refractivity contribution in [1.29, 1.82) is 0 Å². The second-order valence-corrected chi connectivity index (χ2v) is 7.87. The standard InChI is InChI=1S/C19H28ClN3O2/c1-13-9-14(2)11-23(10-13)19(25)15(3)22(4)12-18(24)21-17-8-6-5-7-16(17)20/h5-8,13-15H,9-12H2,1-4H3,(H,21,24)/p+1/t13-,14-,15-/m1/s1. The van der Waals surface area contributed by atoms with Crippen molar-refractivity contribution >= 4 is 29.1 Å². The number of nitrogens with one attached hydrogen (secondary N) is 2. The number of benzene rings is 1. The molecule has 1 aromatic rings. The lowest BCUT2D eigenvalue weighted by Crippen LogP contribution is -3.15. The maximum absolute atomic E-state index is 12.8. The molecule has 1 heterocycles. The summed E-state index contributed by atoms with van der Waals surface area (Å²) in [6.45, 7) is 8.11. The third-order valence-corrected chi connectivity index (χ3v) is 5.21. The highest BCUT2D eigenvalue weighted by molar-refractivity contribution is 6.33. The molecule has 6 heteroatoms. The summed E-state index contributed by atoms with van der Waals surface area (Å²) in [5.41, 5.74) is 0.597. The molecule has 5 nitrogen and oxygen atoms in total. The number of rotatable bonds is 5. The zero-order valence-corrected chi connectivity index (χ0v) is 16.3. The van der Waals surface area contributed by atoms with Crippen molar-refractivity contribution in [2.75, 3.05) is 32.0 Å². The SMILES string of the molecule is C[C@@H]1C[C@@H](C)CN(C(=O)[C@@H](C)[NH+](C)CC(=O)Nc2ccccc2Cl)C1. The number of hydrogen-bond donors (Lipinski definition) is 2. The van der Waals surface area contributed by atoms with Crippen LogP contribution in [0.1, 0.15) is 27.2 Å². The number of amides is 2. The Hall–Kier alpha value is -1.59. The van der Waals surface area contributed by atoms with E-state index in [-0.39, 0.29) is 24.4 Å². The number of nitrogens with zero attached hydrogens (tertiary/aromatic N) is 1. The van der Waals surface area contributed by atoms with Gasteiger partial charge in [-0.25, -0.2) is 0 Å². The maximum Gasteiger partial charge on any atom is 0.280 e. The Morgan fingerprint density at radius 2 is 1.88 bits per heavy atom. The Kier molecular flexibility index (Phi) is 6.85. The fourth-order valence-electron chi connectivity index (χ4n) is 3.49. The summed E-state index contributed by atoms with van der Waals surface area (Å²) in [4.78, 5) is 27.9. The van der Waals surface area contributed by atoms with Gasteiger partial charge in [0.25, 0.3) is 11.8 Å². The molecule has 0 bridgehead atoms. The topological polar surface area (TPSA) is 53.9 Å². The van der Waals surface area contributed by atoms with Crippen molar-refractivity contribution in [2.45, 2.75) is 33.2 Å². The highest BCUT2D eigenvalue weighted by atomic mass is 35.5. The van der Waals surface area contributed by atoms with Crippen LogP contribution < -0.4 is 10.2 Å². The number of para-hydroxylation sites is 1. The van der Waals surface area contributed by atoms with Crippen LogP contribution in [-0.4, -0.2) is 49.4 Å². The van der Waals surface area contributed by atoms with Crippen molar-refractivity contribution in [1.82, 2.24) is 4.90 Å². The number of hydrogen-bond acceptors (Lipinski definition) is 2. The number of anilines is 1. The van der Waals surface area contributed by atoms with Gasteiger partial charge in [-0.05, 0) is 37.3 Å². The first kappa shape index (κ1) is 19.7. The predicted octanol–water partition coefficient (Wildman–Crippen LogP) is 1.69. The van der Waals surface area contributed by atoms with E-state index in [1.54, 1.807) is 12.1 Å². The zero-order valence-electron chi connectivity index (χ0n) is 15.5. The van der Waals surface area contributed by atoms with E-state index in [1.807, 2.05) is 31.0 Å². The monoisotopic (exact) mass is 366 g/mol. The first-order valence-electron chi connectivity index (χ1n) is 8.93. The molecule has 1 unspecified atom stereocenters. The number of carbonyl (C=O) groups is 2. The van der Waals surface area contributed by atoms with E-state index in [1.165, 1.54) is 6.42 Å². The average molecular weight is 367 g/mol. The summed E-state index contributed by atoms with van der Waals surface area (Å²) in [5, 5.41) is 3.32. The van der Waals surface area contributed by atoms with Crippen LogP contribution in [0.3, 0.4) is 0 Å². The quantitative estimate of drug-likeness (QED) is 0.833. The summed E-state index contributed by atoms with van der Waals surface area (Å²) in [6, 6.07) is 6.88. The van der Waals surface area contributed by atoms with Gasteiger partial charge in [0.05, 0.1) is 17.8 Å². The summed E-state index contributed by atoms with van der Waals surface area (Å²) >= 11 is 6.06. The Morgan fingerprint density at radius 3 is 2.48 bits per heavy atom. The lowest BCUT2D eigenvalue weighted by atomic mass is 9.91. The number of likely N-dealkylation sites (tertiary alicyclic amines) is 1. The van der Waals surface area contributed by atoms with Gasteiger partial charge in [-0.1, -0.05) is 37.6 Å². The summed E-state index contributed by atoms with van der Waals surface area (Å²) < 4.78 is 0. The van der Waals surface area contributed by atoms with Crippen molar-refractivity contribution in [3.05, 3.63) is 29.3 Å². The number of carbonyl (C=O) groups excluding carboxylic acids is 2. The molecule has 2 N–H and O–H groups in total. The second kappa shape index (κ2) is 8.68. The van der Waals surface area contributed by atoms with Gasteiger partial charge in [0.15, 0.2) is 12.6 Å². The van der Waals surface area contributed by atoms with E-state index >= 15 is 0 Å². The van der Waals surface area contributed by atoms with Gasteiger partial charge in [0.2, 0.25) is 0 Å². The van der Waals surface area contributed by atoms with Crippen LogP contribution in [0, 0.1) is 11.8 Å². The average Bonchev–Trinajstić information content (AvgIpc) is 2.54. The third kappa shape index (κ3) is 5.44. The van der Waals surface area contributed by atoms with E-state index in [0.717, 1.165) is 18.0 Å². The van der Waals surface area contributed by atoms with E-state index < -0.39 is 0 Å². The van der Waals surface area contributed by atoms with E-state index in [2.05, 4.69) is 19.2 Å². The van der Waals surface area contributed by atoms with Crippen LogP contribution in [0.2, 0.25) is 5.02 Å². The zero-order chi connectivity index (χ0) is 18.6. The van der Waals surface area contributed by atoms with Gasteiger partial charge < -0.3 is 15.1 Å². The molecule has 0 radical (unpaired) electrons. The van der Waals surface area contributed by atoms with Gasteiger partial charge in [0.1, 0.15) is 0 Å². The Labute approximate surface area is 155 Å². The van der Waals surface area contributed by atoms with Crippen molar-refractivity contribution < 1.29 is 14.5 Å². The number of halogens is 1. The van der Waals surface area contributed by atoms with Crippen LogP contribution >= 0.6 is 11.6 Å². The number of quaternary nitrogens is 1. The molecular weight excluding hydrogens is 338 g/mol. The summed E-state index contributed by atoms with van der Waals surface area (Å²) in [6.07, 6.45) is 1.17. The lowest BCUT2D eigenvalue weighted by Gasteiger charge is -2.36. The summed E-state index contributed by atoms with van der Waals surface area (Å²) in [7, 11) is 1.88. The number of likely N-dealkylation sites (N-methyl/N-ethyl adjacent to an activating group) is 1. The van der Waals surface area contributed by atoms with Gasteiger partial charge in [0, 0.05) is 13.1 Å².